The zero-order valence-electron chi connectivity index (χ0n) is 14.2. The molecule has 5 nitrogen and oxygen atoms in total. The predicted molar refractivity (Wildman–Crippen MR) is 97.0 cm³/mol. The summed E-state index contributed by atoms with van der Waals surface area (Å²) in [7, 11) is 0. The number of amides is 2. The van der Waals surface area contributed by atoms with Crippen LogP contribution in [0.1, 0.15) is 29.8 Å². The van der Waals surface area contributed by atoms with Crippen molar-refractivity contribution in [2.45, 2.75) is 26.8 Å². The van der Waals surface area contributed by atoms with E-state index in [1.54, 1.807) is 26.0 Å². The highest BCUT2D eigenvalue weighted by molar-refractivity contribution is 6.05. The van der Waals surface area contributed by atoms with Crippen molar-refractivity contribution >= 4 is 23.2 Å². The van der Waals surface area contributed by atoms with Gasteiger partial charge in [-0.2, -0.15) is 0 Å². The maximum atomic E-state index is 12.4. The minimum absolute atomic E-state index is 0.159. The number of rotatable bonds is 5. The molecule has 0 spiro atoms. The van der Waals surface area contributed by atoms with Gasteiger partial charge in [0.1, 0.15) is 0 Å². The lowest BCUT2D eigenvalue weighted by atomic mass is 10.0. The average Bonchev–Trinajstić information content (AvgIpc) is 2.56. The minimum atomic E-state index is -0.314. The Bertz CT molecular complexity index is 727. The third-order valence-electron chi connectivity index (χ3n) is 3.99. The number of nitrogens with one attached hydrogen (secondary N) is 2. The summed E-state index contributed by atoms with van der Waals surface area (Å²) in [5.41, 5.74) is 8.47. The van der Waals surface area contributed by atoms with Crippen molar-refractivity contribution in [2.75, 3.05) is 10.6 Å². The monoisotopic (exact) mass is 325 g/mol. The van der Waals surface area contributed by atoms with Crippen LogP contribution in [-0.4, -0.2) is 17.9 Å². The first-order chi connectivity index (χ1) is 11.4. The Labute approximate surface area is 142 Å². The Balaban J connectivity index is 2.16. The fourth-order valence-electron chi connectivity index (χ4n) is 2.11. The zero-order chi connectivity index (χ0) is 17.7. The van der Waals surface area contributed by atoms with Gasteiger partial charge in [-0.1, -0.05) is 31.2 Å². The summed E-state index contributed by atoms with van der Waals surface area (Å²) in [6.07, 6.45) is 0. The Kier molecular flexibility index (Phi) is 5.71. The number of benzene rings is 2. The van der Waals surface area contributed by atoms with Crippen molar-refractivity contribution in [3.05, 3.63) is 59.7 Å². The molecule has 0 aliphatic heterocycles. The Morgan fingerprint density at radius 2 is 1.67 bits per heavy atom. The maximum absolute atomic E-state index is 12.4. The van der Waals surface area contributed by atoms with Gasteiger partial charge in [0, 0.05) is 23.0 Å². The van der Waals surface area contributed by atoms with Gasteiger partial charge in [-0.3, -0.25) is 9.59 Å². The average molecular weight is 325 g/mol. The highest BCUT2D eigenvalue weighted by atomic mass is 16.2. The van der Waals surface area contributed by atoms with Crippen molar-refractivity contribution in [3.63, 3.8) is 0 Å². The highest BCUT2D eigenvalue weighted by Crippen LogP contribution is 2.19. The van der Waals surface area contributed by atoms with Gasteiger partial charge < -0.3 is 16.4 Å². The number of hydrogen-bond donors (Lipinski definition) is 3. The number of para-hydroxylation sites is 1. The van der Waals surface area contributed by atoms with Gasteiger partial charge in [-0.25, -0.2) is 0 Å². The van der Waals surface area contributed by atoms with E-state index in [0.717, 1.165) is 11.3 Å². The first-order valence-corrected chi connectivity index (χ1v) is 7.92. The lowest BCUT2D eigenvalue weighted by Crippen LogP contribution is -2.34. The lowest BCUT2D eigenvalue weighted by molar-refractivity contribution is -0.119. The van der Waals surface area contributed by atoms with E-state index in [4.69, 9.17) is 5.73 Å². The van der Waals surface area contributed by atoms with Crippen LogP contribution in [0.2, 0.25) is 0 Å². The van der Waals surface area contributed by atoms with Crippen LogP contribution in [0.4, 0.5) is 11.4 Å². The van der Waals surface area contributed by atoms with Gasteiger partial charge in [0.15, 0.2) is 0 Å². The third-order valence-corrected chi connectivity index (χ3v) is 3.99. The molecule has 5 heteroatoms. The molecule has 2 aromatic carbocycles. The maximum Gasteiger partial charge on any atom is 0.255 e. The topological polar surface area (TPSA) is 84.2 Å². The molecule has 0 radical (unpaired) electrons. The highest BCUT2D eigenvalue weighted by Gasteiger charge is 2.18. The molecule has 2 aromatic rings. The Hall–Kier alpha value is -2.66. The third kappa shape index (κ3) is 4.43. The molecule has 0 aliphatic rings. The van der Waals surface area contributed by atoms with Gasteiger partial charge in [-0.05, 0) is 43.7 Å². The molecule has 126 valence electrons. The summed E-state index contributed by atoms with van der Waals surface area (Å²) in [6.45, 7) is 5.45. The molecular formula is C19H23N3O2. The Morgan fingerprint density at radius 3 is 2.29 bits per heavy atom. The van der Waals surface area contributed by atoms with Gasteiger partial charge in [0.2, 0.25) is 5.91 Å². The van der Waals surface area contributed by atoms with E-state index in [0.29, 0.717) is 11.3 Å². The SMILES string of the molecule is Cc1ccc(C(=O)Nc2ccccc2)cc1NC(=O)C(C)C(C)N. The molecule has 0 heterocycles. The second-order valence-electron chi connectivity index (χ2n) is 5.99. The van der Waals surface area contributed by atoms with Gasteiger partial charge >= 0.3 is 0 Å². The molecule has 4 N–H and O–H groups in total. The molecule has 0 bridgehead atoms. The standard InChI is InChI=1S/C19H23N3O2/c1-12-9-10-15(19(24)21-16-7-5-4-6-8-16)11-17(12)22-18(23)13(2)14(3)20/h4-11,13-14H,20H2,1-3H3,(H,21,24)(H,22,23). The van der Waals surface area contributed by atoms with E-state index < -0.39 is 0 Å². The van der Waals surface area contributed by atoms with Crippen molar-refractivity contribution in [2.24, 2.45) is 11.7 Å². The lowest BCUT2D eigenvalue weighted by Gasteiger charge is -2.17. The molecule has 0 saturated carbocycles. The van der Waals surface area contributed by atoms with E-state index in [1.165, 1.54) is 0 Å². The zero-order valence-corrected chi connectivity index (χ0v) is 14.2. The number of carbonyl (C=O) groups excluding carboxylic acids is 2. The van der Waals surface area contributed by atoms with Crippen LogP contribution in [-0.2, 0) is 4.79 Å². The number of anilines is 2. The van der Waals surface area contributed by atoms with Gasteiger partial charge in [-0.15, -0.1) is 0 Å². The molecule has 2 unspecified atom stereocenters. The van der Waals surface area contributed by atoms with E-state index in [9.17, 15) is 9.59 Å². The fourth-order valence-corrected chi connectivity index (χ4v) is 2.11. The predicted octanol–water partition coefficient (Wildman–Crippen LogP) is 3.17. The Morgan fingerprint density at radius 1 is 1.00 bits per heavy atom. The first kappa shape index (κ1) is 17.7. The van der Waals surface area contributed by atoms with E-state index in [1.807, 2.05) is 43.3 Å². The largest absolute Gasteiger partial charge is 0.327 e. The van der Waals surface area contributed by atoms with Crippen molar-refractivity contribution in [3.8, 4) is 0 Å². The van der Waals surface area contributed by atoms with E-state index in [-0.39, 0.29) is 23.8 Å². The second kappa shape index (κ2) is 7.75. The van der Waals surface area contributed by atoms with E-state index in [2.05, 4.69) is 10.6 Å². The van der Waals surface area contributed by atoms with Crippen molar-refractivity contribution in [1.29, 1.82) is 0 Å². The molecule has 0 fully saturated rings. The molecule has 2 rings (SSSR count). The van der Waals surface area contributed by atoms with Crippen LogP contribution in [0.25, 0.3) is 0 Å². The van der Waals surface area contributed by atoms with Crippen molar-refractivity contribution < 1.29 is 9.59 Å². The van der Waals surface area contributed by atoms with Crippen LogP contribution in [0.3, 0.4) is 0 Å². The van der Waals surface area contributed by atoms with Crippen LogP contribution >= 0.6 is 0 Å². The number of nitrogens with two attached hydrogens (primary N) is 1. The molecule has 0 aromatic heterocycles. The number of carbonyl (C=O) groups is 2. The molecule has 0 aliphatic carbocycles. The van der Waals surface area contributed by atoms with E-state index >= 15 is 0 Å². The number of aryl methyl sites for hydroxylation is 1. The fraction of sp³-hybridized carbons (Fsp3) is 0.263. The van der Waals surface area contributed by atoms with Crippen LogP contribution < -0.4 is 16.4 Å². The summed E-state index contributed by atoms with van der Waals surface area (Å²) >= 11 is 0. The summed E-state index contributed by atoms with van der Waals surface area (Å²) in [4.78, 5) is 24.5. The molecule has 2 atom stereocenters. The van der Waals surface area contributed by atoms with Gasteiger partial charge in [0.05, 0.1) is 5.92 Å². The van der Waals surface area contributed by atoms with Crippen molar-refractivity contribution in [1.82, 2.24) is 0 Å². The summed E-state index contributed by atoms with van der Waals surface area (Å²) in [5, 5.41) is 5.68. The summed E-state index contributed by atoms with van der Waals surface area (Å²) in [6, 6.07) is 14.2. The normalized spacial score (nSPS) is 13.0. The first-order valence-electron chi connectivity index (χ1n) is 7.92. The molecular weight excluding hydrogens is 302 g/mol. The smallest absolute Gasteiger partial charge is 0.255 e. The van der Waals surface area contributed by atoms with Crippen LogP contribution in [0.15, 0.2) is 48.5 Å². The second-order valence-corrected chi connectivity index (χ2v) is 5.99. The quantitative estimate of drug-likeness (QED) is 0.789. The summed E-state index contributed by atoms with van der Waals surface area (Å²) < 4.78 is 0. The van der Waals surface area contributed by atoms with Crippen LogP contribution in [0, 0.1) is 12.8 Å². The van der Waals surface area contributed by atoms with Gasteiger partial charge in [0.25, 0.3) is 5.91 Å². The molecule has 2 amide bonds. The molecule has 0 saturated heterocycles. The molecule has 24 heavy (non-hydrogen) atoms. The minimum Gasteiger partial charge on any atom is -0.327 e. The summed E-state index contributed by atoms with van der Waals surface area (Å²) in [5.74, 6) is -0.697. The number of hydrogen-bond acceptors (Lipinski definition) is 3. The van der Waals surface area contributed by atoms with Crippen LogP contribution in [0.5, 0.6) is 0 Å².